The average molecular weight is 657 g/mol. The maximum atomic E-state index is 13.9. The van der Waals surface area contributed by atoms with E-state index in [1.165, 1.54) is 0 Å². The van der Waals surface area contributed by atoms with E-state index in [-0.39, 0.29) is 38.3 Å². The molecule has 0 saturated carbocycles. The maximum Gasteiger partial charge on any atom is 0.330 e. The minimum Gasteiger partial charge on any atom is -0.489 e. The Kier molecular flexibility index (Phi) is 9.05. The van der Waals surface area contributed by atoms with E-state index in [0.717, 1.165) is 50.6 Å². The minimum absolute atomic E-state index is 0.0162. The second-order valence-corrected chi connectivity index (χ2v) is 11.9. The molecule has 0 aliphatic heterocycles. The van der Waals surface area contributed by atoms with E-state index in [1.54, 1.807) is 7.11 Å². The van der Waals surface area contributed by atoms with Crippen LogP contribution in [0.25, 0.3) is 10.8 Å². The number of para-hydroxylation sites is 1. The number of benzene rings is 5. The van der Waals surface area contributed by atoms with Crippen LogP contribution >= 0.6 is 0 Å². The summed E-state index contributed by atoms with van der Waals surface area (Å²) in [6.45, 7) is 3.93. The fraction of sp³-hybridized carbons (Fsp3) is 0.220. The molecular weight excluding hydrogens is 620 g/mol. The highest BCUT2D eigenvalue weighted by molar-refractivity contribution is 5.93. The zero-order chi connectivity index (χ0) is 33.8. The molecule has 5 aromatic rings. The first-order valence-corrected chi connectivity index (χ1v) is 16.3. The summed E-state index contributed by atoms with van der Waals surface area (Å²) < 4.78 is 35.4. The highest BCUT2D eigenvalue weighted by Gasteiger charge is 2.58. The molecule has 0 heterocycles. The van der Waals surface area contributed by atoms with Crippen LogP contribution in [0.2, 0.25) is 0 Å². The zero-order valence-corrected chi connectivity index (χ0v) is 27.1. The number of hydrogen-bond acceptors (Lipinski definition) is 8. The van der Waals surface area contributed by atoms with E-state index >= 15 is 0 Å². The van der Waals surface area contributed by atoms with E-state index in [4.69, 9.17) is 28.4 Å². The van der Waals surface area contributed by atoms with Gasteiger partial charge in [0.1, 0.15) is 55.0 Å². The SMILES string of the molecule is C=CC(=O)OCCOc1ccc(OCCOC(=O)C2CC3c4ccccc4C2(OC)c2ccc(Oc4ccccc4)cc23)c2ccccc12. The molecule has 248 valence electrons. The lowest BCUT2D eigenvalue weighted by Gasteiger charge is -2.52. The first-order valence-electron chi connectivity index (χ1n) is 16.3. The van der Waals surface area contributed by atoms with Gasteiger partial charge in [-0.2, -0.15) is 0 Å². The van der Waals surface area contributed by atoms with Gasteiger partial charge in [-0.3, -0.25) is 4.79 Å². The Bertz CT molecular complexity index is 2000. The van der Waals surface area contributed by atoms with E-state index in [0.29, 0.717) is 17.9 Å². The fourth-order valence-electron chi connectivity index (χ4n) is 7.21. The number of ether oxygens (including phenoxy) is 6. The largest absolute Gasteiger partial charge is 0.489 e. The van der Waals surface area contributed by atoms with Crippen molar-refractivity contribution in [1.29, 1.82) is 0 Å². The number of carbonyl (C=O) groups is 2. The van der Waals surface area contributed by atoms with Crippen molar-refractivity contribution < 1.29 is 38.0 Å². The van der Waals surface area contributed by atoms with Crippen LogP contribution in [-0.2, 0) is 29.4 Å². The van der Waals surface area contributed by atoms with Gasteiger partial charge in [0.15, 0.2) is 0 Å². The van der Waals surface area contributed by atoms with Crippen LogP contribution in [0, 0.1) is 5.92 Å². The third kappa shape index (κ3) is 6.00. The van der Waals surface area contributed by atoms with Gasteiger partial charge in [0, 0.05) is 29.9 Å². The van der Waals surface area contributed by atoms with Gasteiger partial charge in [-0.15, -0.1) is 0 Å². The normalized spacial score (nSPS) is 18.6. The van der Waals surface area contributed by atoms with E-state index in [9.17, 15) is 9.59 Å². The van der Waals surface area contributed by atoms with Gasteiger partial charge in [0.05, 0.1) is 5.92 Å². The van der Waals surface area contributed by atoms with Crippen LogP contribution in [0.3, 0.4) is 0 Å². The molecule has 5 aromatic carbocycles. The maximum absolute atomic E-state index is 13.9. The Hall–Kier alpha value is -5.60. The van der Waals surface area contributed by atoms with Crippen LogP contribution in [0.5, 0.6) is 23.0 Å². The topological polar surface area (TPSA) is 89.5 Å². The van der Waals surface area contributed by atoms with E-state index in [1.807, 2.05) is 91.0 Å². The van der Waals surface area contributed by atoms with Crippen molar-refractivity contribution in [2.75, 3.05) is 33.5 Å². The van der Waals surface area contributed by atoms with Crippen molar-refractivity contribution in [2.24, 2.45) is 5.92 Å². The average Bonchev–Trinajstić information content (AvgIpc) is 3.15. The summed E-state index contributed by atoms with van der Waals surface area (Å²) >= 11 is 0. The molecule has 49 heavy (non-hydrogen) atoms. The summed E-state index contributed by atoms with van der Waals surface area (Å²) in [6, 6.07) is 35.2. The lowest BCUT2D eigenvalue weighted by molar-refractivity contribution is -0.163. The van der Waals surface area contributed by atoms with Crippen molar-refractivity contribution in [2.45, 2.75) is 17.9 Å². The fourth-order valence-corrected chi connectivity index (χ4v) is 7.21. The standard InChI is InChI=1S/C41H36O8/c1-3-39(42)47-23-21-45-37-19-20-38(31-15-8-7-14-30(31)37)46-22-24-48-40(43)36-26-32-29-13-9-10-16-34(29)41(36,44-2)35-18-17-28(25-33(32)35)49-27-11-5-4-6-12-27/h3-20,25,32,36H,1,21-24,26H2,2H3. The van der Waals surface area contributed by atoms with Crippen molar-refractivity contribution in [3.05, 3.63) is 144 Å². The summed E-state index contributed by atoms with van der Waals surface area (Å²) in [4.78, 5) is 25.2. The Labute approximate surface area is 284 Å². The van der Waals surface area contributed by atoms with E-state index < -0.39 is 17.5 Å². The predicted molar refractivity (Wildman–Crippen MR) is 184 cm³/mol. The Morgan fingerprint density at radius 2 is 1.35 bits per heavy atom. The molecular formula is C41H36O8. The molecule has 0 saturated heterocycles. The monoisotopic (exact) mass is 656 g/mol. The van der Waals surface area contributed by atoms with Gasteiger partial charge < -0.3 is 28.4 Å². The van der Waals surface area contributed by atoms with Gasteiger partial charge >= 0.3 is 11.9 Å². The minimum atomic E-state index is -1.00. The van der Waals surface area contributed by atoms with Crippen LogP contribution in [0.1, 0.15) is 34.6 Å². The van der Waals surface area contributed by atoms with Gasteiger partial charge in [-0.1, -0.05) is 79.4 Å². The predicted octanol–water partition coefficient (Wildman–Crippen LogP) is 7.72. The molecule has 0 radical (unpaired) electrons. The number of rotatable bonds is 13. The van der Waals surface area contributed by atoms with Crippen LogP contribution in [0.15, 0.2) is 122 Å². The third-order valence-electron chi connectivity index (χ3n) is 9.26. The molecule has 3 atom stereocenters. The van der Waals surface area contributed by atoms with Gasteiger partial charge in [-0.05, 0) is 65.1 Å². The van der Waals surface area contributed by atoms with Gasteiger partial charge in [0.2, 0.25) is 0 Å². The molecule has 2 bridgehead atoms. The molecule has 8 nitrogen and oxygen atoms in total. The zero-order valence-electron chi connectivity index (χ0n) is 27.1. The molecule has 8 rings (SSSR count). The van der Waals surface area contributed by atoms with Gasteiger partial charge in [0.25, 0.3) is 0 Å². The Morgan fingerprint density at radius 1 is 0.714 bits per heavy atom. The second-order valence-electron chi connectivity index (χ2n) is 11.9. The highest BCUT2D eigenvalue weighted by Crippen LogP contribution is 2.60. The van der Waals surface area contributed by atoms with E-state index in [2.05, 4.69) is 24.8 Å². The first-order chi connectivity index (χ1) is 24.0. The van der Waals surface area contributed by atoms with Crippen LogP contribution in [0.4, 0.5) is 0 Å². The highest BCUT2D eigenvalue weighted by atomic mass is 16.6. The molecule has 0 fully saturated rings. The number of hydrogen-bond donors (Lipinski definition) is 0. The Balaban J connectivity index is 1.05. The second kappa shape index (κ2) is 13.9. The summed E-state index contributed by atoms with van der Waals surface area (Å²) in [7, 11) is 1.66. The van der Waals surface area contributed by atoms with Crippen LogP contribution < -0.4 is 14.2 Å². The molecule has 3 aliphatic rings. The van der Waals surface area contributed by atoms with Gasteiger partial charge in [-0.25, -0.2) is 4.79 Å². The summed E-state index contributed by atoms with van der Waals surface area (Å²) in [5, 5.41) is 1.70. The smallest absolute Gasteiger partial charge is 0.330 e. The quantitative estimate of drug-likeness (QED) is 0.0723. The summed E-state index contributed by atoms with van der Waals surface area (Å²) in [6.07, 6.45) is 1.66. The molecule has 3 aliphatic carbocycles. The number of carbonyl (C=O) groups excluding carboxylic acids is 2. The van der Waals surface area contributed by atoms with Crippen molar-refractivity contribution >= 4 is 22.7 Å². The van der Waals surface area contributed by atoms with Crippen molar-refractivity contribution in [3.8, 4) is 23.0 Å². The lowest BCUT2D eigenvalue weighted by Crippen LogP contribution is -2.52. The summed E-state index contributed by atoms with van der Waals surface area (Å²) in [5.41, 5.74) is 3.19. The number of fused-ring (bicyclic) bond motifs is 2. The Morgan fingerprint density at radius 3 is 2.04 bits per heavy atom. The molecule has 0 aromatic heterocycles. The first kappa shape index (κ1) is 32.0. The summed E-state index contributed by atoms with van der Waals surface area (Å²) in [5.74, 6) is 1.38. The van der Waals surface area contributed by atoms with Crippen LogP contribution in [-0.4, -0.2) is 45.5 Å². The number of esters is 2. The third-order valence-corrected chi connectivity index (χ3v) is 9.26. The lowest BCUT2D eigenvalue weighted by atomic mass is 9.56. The molecule has 3 unspecified atom stereocenters. The number of methoxy groups -OCH3 is 1. The molecule has 0 N–H and O–H groups in total. The molecule has 0 spiro atoms. The van der Waals surface area contributed by atoms with Crippen molar-refractivity contribution in [1.82, 2.24) is 0 Å². The van der Waals surface area contributed by atoms with Crippen molar-refractivity contribution in [3.63, 3.8) is 0 Å². The molecule has 8 heteroatoms. The molecule has 0 amide bonds.